The molecule has 1 rings (SSSR count). The first kappa shape index (κ1) is 18.1. The van der Waals surface area contributed by atoms with Gasteiger partial charge in [-0.2, -0.15) is 0 Å². The van der Waals surface area contributed by atoms with E-state index in [4.69, 9.17) is 4.84 Å². The van der Waals surface area contributed by atoms with E-state index in [2.05, 4.69) is 4.74 Å². The van der Waals surface area contributed by atoms with Crippen LogP contribution in [0.3, 0.4) is 0 Å². The maximum Gasteiger partial charge on any atom is 0.337 e. The van der Waals surface area contributed by atoms with Crippen LogP contribution in [0.2, 0.25) is 0 Å². The first-order valence-corrected chi connectivity index (χ1v) is 7.71. The second kappa shape index (κ2) is 7.34. The highest BCUT2D eigenvalue weighted by Crippen LogP contribution is 2.18. The number of carbonyl (C=O) groups is 2. The number of benzene rings is 1. The number of amides is 1. The van der Waals surface area contributed by atoms with Gasteiger partial charge in [0.05, 0.1) is 17.6 Å². The van der Waals surface area contributed by atoms with E-state index in [9.17, 15) is 18.0 Å². The molecule has 122 valence electrons. The lowest BCUT2D eigenvalue weighted by molar-refractivity contribution is -0.156. The first-order valence-electron chi connectivity index (χ1n) is 6.27. The summed E-state index contributed by atoms with van der Waals surface area (Å²) < 4.78 is 29.8. The van der Waals surface area contributed by atoms with E-state index in [0.717, 1.165) is 4.31 Å². The number of carbonyl (C=O) groups excluding carboxylic acids is 2. The molecule has 8 nitrogen and oxygen atoms in total. The summed E-state index contributed by atoms with van der Waals surface area (Å²) in [5.74, 6) is -1.45. The highest BCUT2D eigenvalue weighted by molar-refractivity contribution is 7.89. The Balaban J connectivity index is 2.99. The number of ether oxygens (including phenoxy) is 1. The topological polar surface area (TPSA) is 102 Å². The van der Waals surface area contributed by atoms with E-state index in [0.29, 0.717) is 0 Å². The zero-order valence-corrected chi connectivity index (χ0v) is 13.5. The van der Waals surface area contributed by atoms with Crippen LogP contribution in [-0.2, 0) is 24.4 Å². The Morgan fingerprint density at radius 3 is 2.36 bits per heavy atom. The number of rotatable bonds is 6. The zero-order valence-electron chi connectivity index (χ0n) is 12.7. The van der Waals surface area contributed by atoms with E-state index in [1.54, 1.807) is 0 Å². The van der Waals surface area contributed by atoms with Gasteiger partial charge in [-0.15, -0.1) is 0 Å². The summed E-state index contributed by atoms with van der Waals surface area (Å²) in [5, 5.41) is 0. The number of esters is 1. The fourth-order valence-corrected chi connectivity index (χ4v) is 2.57. The molecule has 1 atom stereocenters. The van der Waals surface area contributed by atoms with Gasteiger partial charge in [-0.05, 0) is 19.1 Å². The third-order valence-electron chi connectivity index (χ3n) is 2.75. The molecule has 0 bridgehead atoms. The summed E-state index contributed by atoms with van der Waals surface area (Å²) in [7, 11) is 0.119. The molecule has 0 aliphatic rings. The second-order valence-corrected chi connectivity index (χ2v) is 6.62. The van der Waals surface area contributed by atoms with Crippen LogP contribution in [0.4, 0.5) is 0 Å². The summed E-state index contributed by atoms with van der Waals surface area (Å²) in [5.41, 5.74) is 1.95. The van der Waals surface area contributed by atoms with Gasteiger partial charge in [0.2, 0.25) is 10.0 Å². The quantitative estimate of drug-likeness (QED) is 0.589. The summed E-state index contributed by atoms with van der Waals surface area (Å²) in [4.78, 5) is 28.0. The number of nitrogens with zero attached hydrogens (tertiary/aromatic N) is 1. The highest BCUT2D eigenvalue weighted by Gasteiger charge is 2.25. The molecule has 22 heavy (non-hydrogen) atoms. The van der Waals surface area contributed by atoms with Crippen LogP contribution in [0.5, 0.6) is 0 Å². The molecule has 0 radical (unpaired) electrons. The molecule has 0 aliphatic heterocycles. The third kappa shape index (κ3) is 4.03. The van der Waals surface area contributed by atoms with Crippen LogP contribution < -0.4 is 5.48 Å². The average molecular weight is 330 g/mol. The molecule has 9 heteroatoms. The van der Waals surface area contributed by atoms with Crippen LogP contribution in [0, 0.1) is 0 Å². The van der Waals surface area contributed by atoms with Crippen LogP contribution in [-0.4, -0.2) is 51.9 Å². The molecule has 1 amide bonds. The molecule has 1 aromatic carbocycles. The predicted octanol–water partition coefficient (Wildman–Crippen LogP) is 0.160. The number of hydrogen-bond acceptors (Lipinski definition) is 6. The Morgan fingerprint density at radius 2 is 1.82 bits per heavy atom. The molecule has 0 heterocycles. The Bertz CT molecular complexity index is 656. The van der Waals surface area contributed by atoms with Crippen molar-refractivity contribution >= 4 is 21.9 Å². The lowest BCUT2D eigenvalue weighted by Gasteiger charge is -2.15. The van der Waals surface area contributed by atoms with Crippen molar-refractivity contribution in [3.8, 4) is 0 Å². The lowest BCUT2D eigenvalue weighted by atomic mass is 10.2. The molecule has 0 fully saturated rings. The van der Waals surface area contributed by atoms with E-state index in [-0.39, 0.29) is 10.5 Å². The van der Waals surface area contributed by atoms with Crippen molar-refractivity contribution in [3.63, 3.8) is 0 Å². The lowest BCUT2D eigenvalue weighted by Crippen LogP contribution is -2.34. The summed E-state index contributed by atoms with van der Waals surface area (Å²) in [6, 6.07) is 5.68. The molecule has 1 unspecified atom stereocenters. The van der Waals surface area contributed by atoms with Gasteiger partial charge < -0.3 is 4.74 Å². The second-order valence-electron chi connectivity index (χ2n) is 4.50. The van der Waals surface area contributed by atoms with Gasteiger partial charge in [-0.1, -0.05) is 12.1 Å². The SMILES string of the molecule is COC(=O)C(C)ONC(=O)c1ccccc1S(=O)(=O)N(C)C. The van der Waals surface area contributed by atoms with Gasteiger partial charge >= 0.3 is 5.97 Å². The minimum absolute atomic E-state index is 0.0896. The van der Waals surface area contributed by atoms with Crippen LogP contribution in [0.25, 0.3) is 0 Å². The summed E-state index contributed by atoms with van der Waals surface area (Å²) >= 11 is 0. The summed E-state index contributed by atoms with van der Waals surface area (Å²) in [6.45, 7) is 1.38. The zero-order chi connectivity index (χ0) is 16.9. The smallest absolute Gasteiger partial charge is 0.337 e. The van der Waals surface area contributed by atoms with Gasteiger partial charge in [0, 0.05) is 14.1 Å². The Morgan fingerprint density at radius 1 is 1.23 bits per heavy atom. The van der Waals surface area contributed by atoms with Crippen LogP contribution >= 0.6 is 0 Å². The number of methoxy groups -OCH3 is 1. The Hall–Kier alpha value is -1.97. The van der Waals surface area contributed by atoms with Crippen molar-refractivity contribution in [2.45, 2.75) is 17.9 Å². The first-order chi connectivity index (χ1) is 10.2. The summed E-state index contributed by atoms with van der Waals surface area (Å²) in [6.07, 6.45) is -1.02. The fourth-order valence-electron chi connectivity index (χ4n) is 1.49. The van der Waals surface area contributed by atoms with Gasteiger partial charge in [-0.3, -0.25) is 9.63 Å². The Labute approximate surface area is 129 Å². The van der Waals surface area contributed by atoms with Crippen molar-refractivity contribution in [2.75, 3.05) is 21.2 Å². The fraction of sp³-hybridized carbons (Fsp3) is 0.385. The average Bonchev–Trinajstić information content (AvgIpc) is 2.51. The van der Waals surface area contributed by atoms with Gasteiger partial charge in [-0.25, -0.2) is 23.0 Å². The van der Waals surface area contributed by atoms with E-state index in [1.807, 2.05) is 5.48 Å². The number of sulfonamides is 1. The van der Waals surface area contributed by atoms with Crippen molar-refractivity contribution in [1.29, 1.82) is 0 Å². The predicted molar refractivity (Wildman–Crippen MR) is 77.3 cm³/mol. The Kier molecular flexibility index (Phi) is 6.03. The highest BCUT2D eigenvalue weighted by atomic mass is 32.2. The maximum absolute atomic E-state index is 12.2. The van der Waals surface area contributed by atoms with Gasteiger partial charge in [0.15, 0.2) is 6.10 Å². The van der Waals surface area contributed by atoms with E-state index >= 15 is 0 Å². The molecular weight excluding hydrogens is 312 g/mol. The largest absolute Gasteiger partial charge is 0.467 e. The molecule has 0 spiro atoms. The normalized spacial score (nSPS) is 12.8. The molecule has 1 aromatic rings. The minimum Gasteiger partial charge on any atom is -0.467 e. The van der Waals surface area contributed by atoms with Gasteiger partial charge in [0.1, 0.15) is 0 Å². The van der Waals surface area contributed by atoms with E-state index in [1.165, 1.54) is 52.4 Å². The molecule has 0 saturated carbocycles. The van der Waals surface area contributed by atoms with Crippen molar-refractivity contribution < 1.29 is 27.6 Å². The monoisotopic (exact) mass is 330 g/mol. The van der Waals surface area contributed by atoms with Gasteiger partial charge in [0.25, 0.3) is 5.91 Å². The molecule has 0 saturated heterocycles. The minimum atomic E-state index is -3.79. The van der Waals surface area contributed by atoms with E-state index < -0.39 is 28.0 Å². The standard InChI is InChI=1S/C13H18N2O6S/c1-9(13(17)20-4)21-14-12(16)10-7-5-6-8-11(10)22(18,19)15(2)3/h5-9H,1-4H3,(H,14,16). The number of hydrogen-bond donors (Lipinski definition) is 1. The molecule has 1 N–H and O–H groups in total. The van der Waals surface area contributed by atoms with Crippen molar-refractivity contribution in [3.05, 3.63) is 29.8 Å². The van der Waals surface area contributed by atoms with Crippen molar-refractivity contribution in [1.82, 2.24) is 9.79 Å². The van der Waals surface area contributed by atoms with Crippen LogP contribution in [0.15, 0.2) is 29.2 Å². The number of hydroxylamine groups is 1. The maximum atomic E-state index is 12.2. The molecule has 0 aromatic heterocycles. The third-order valence-corrected chi connectivity index (χ3v) is 4.63. The molecule has 0 aliphatic carbocycles. The molecular formula is C13H18N2O6S. The van der Waals surface area contributed by atoms with Crippen LogP contribution in [0.1, 0.15) is 17.3 Å². The number of nitrogens with one attached hydrogen (secondary N) is 1. The van der Waals surface area contributed by atoms with Crippen molar-refractivity contribution in [2.24, 2.45) is 0 Å².